The van der Waals surface area contributed by atoms with E-state index in [4.69, 9.17) is 9.15 Å². The van der Waals surface area contributed by atoms with Gasteiger partial charge < -0.3 is 14.3 Å². The minimum absolute atomic E-state index is 0.0338. The Morgan fingerprint density at radius 1 is 1.21 bits per heavy atom. The summed E-state index contributed by atoms with van der Waals surface area (Å²) in [5.74, 6) is -0.714. The molecule has 0 aliphatic rings. The van der Waals surface area contributed by atoms with Crippen LogP contribution >= 0.6 is 0 Å². The average Bonchev–Trinajstić information content (AvgIpc) is 3.05. The highest BCUT2D eigenvalue weighted by Crippen LogP contribution is 2.23. The van der Waals surface area contributed by atoms with Gasteiger partial charge in [0.15, 0.2) is 6.10 Å². The number of benzene rings is 2. The minimum Gasteiger partial charge on any atom is -0.508 e. The first-order valence-electron chi connectivity index (χ1n) is 7.12. The lowest BCUT2D eigenvalue weighted by Gasteiger charge is -2.09. The number of aromatic nitrogens is 2. The number of nitrogens with zero attached hydrogens (tertiary/aromatic N) is 2. The lowest BCUT2D eigenvalue weighted by molar-refractivity contribution is 0.0279. The van der Waals surface area contributed by atoms with Crippen LogP contribution in [0.3, 0.4) is 0 Å². The normalized spacial score (nSPS) is 11.9. The molecule has 0 unspecified atom stereocenters. The molecule has 1 atom stereocenters. The lowest BCUT2D eigenvalue weighted by atomic mass is 10.2. The molecule has 6 nitrogen and oxygen atoms in total. The van der Waals surface area contributed by atoms with Crippen LogP contribution in [0.1, 0.15) is 29.3 Å². The van der Waals surface area contributed by atoms with E-state index in [0.717, 1.165) is 0 Å². The molecule has 3 aromatic rings. The molecular formula is C17H13FN2O4. The summed E-state index contributed by atoms with van der Waals surface area (Å²) in [4.78, 5) is 12.0. The third-order valence-corrected chi connectivity index (χ3v) is 3.25. The fourth-order valence-corrected chi connectivity index (χ4v) is 2.02. The molecule has 122 valence electrons. The molecule has 1 N–H and O–H groups in total. The lowest BCUT2D eigenvalue weighted by Crippen LogP contribution is -2.09. The summed E-state index contributed by atoms with van der Waals surface area (Å²) in [6.07, 6.45) is -0.776. The number of aromatic hydroxyl groups is 1. The van der Waals surface area contributed by atoms with Crippen molar-refractivity contribution in [3.8, 4) is 17.2 Å². The maximum Gasteiger partial charge on any atom is 0.339 e. The van der Waals surface area contributed by atoms with Crippen molar-refractivity contribution in [3.05, 3.63) is 65.8 Å². The van der Waals surface area contributed by atoms with Gasteiger partial charge in [-0.15, -0.1) is 10.2 Å². The fraction of sp³-hybridized carbons (Fsp3) is 0.118. The van der Waals surface area contributed by atoms with Gasteiger partial charge in [-0.1, -0.05) is 6.07 Å². The second-order valence-corrected chi connectivity index (χ2v) is 5.05. The molecule has 24 heavy (non-hydrogen) atoms. The van der Waals surface area contributed by atoms with E-state index in [2.05, 4.69) is 10.2 Å². The summed E-state index contributed by atoms with van der Waals surface area (Å²) in [6.45, 7) is 1.59. The molecule has 0 amide bonds. The minimum atomic E-state index is -0.776. The molecule has 0 aliphatic carbocycles. The van der Waals surface area contributed by atoms with Gasteiger partial charge in [-0.05, 0) is 49.4 Å². The molecule has 0 aliphatic heterocycles. The summed E-state index contributed by atoms with van der Waals surface area (Å²) >= 11 is 0. The molecule has 7 heteroatoms. The van der Waals surface area contributed by atoms with Crippen LogP contribution in [-0.4, -0.2) is 21.3 Å². The Morgan fingerprint density at radius 3 is 2.67 bits per heavy atom. The van der Waals surface area contributed by atoms with Crippen molar-refractivity contribution in [2.75, 3.05) is 0 Å². The predicted molar refractivity (Wildman–Crippen MR) is 81.6 cm³/mol. The van der Waals surface area contributed by atoms with Crippen molar-refractivity contribution >= 4 is 5.97 Å². The van der Waals surface area contributed by atoms with Gasteiger partial charge in [-0.25, -0.2) is 9.18 Å². The molecule has 0 radical (unpaired) electrons. The Bertz CT molecular complexity index is 861. The number of phenols is 1. The maximum absolute atomic E-state index is 12.9. The van der Waals surface area contributed by atoms with Crippen LogP contribution in [0.4, 0.5) is 4.39 Å². The number of hydrogen-bond acceptors (Lipinski definition) is 6. The van der Waals surface area contributed by atoms with Gasteiger partial charge in [0.1, 0.15) is 11.6 Å². The topological polar surface area (TPSA) is 85.5 Å². The van der Waals surface area contributed by atoms with Crippen molar-refractivity contribution in [2.24, 2.45) is 0 Å². The van der Waals surface area contributed by atoms with E-state index in [0.29, 0.717) is 5.56 Å². The number of carbonyl (C=O) groups is 1. The first-order valence-corrected chi connectivity index (χ1v) is 7.12. The van der Waals surface area contributed by atoms with E-state index >= 15 is 0 Å². The standard InChI is InChI=1S/C17H13FN2O4/c1-10(23-17(22)12-3-2-4-14(21)9-12)15-19-20-16(24-15)11-5-7-13(18)8-6-11/h2-10,21H,1H3/t10-/m1/s1. The Labute approximate surface area is 136 Å². The molecule has 3 rings (SSSR count). The molecule has 2 aromatic carbocycles. The largest absolute Gasteiger partial charge is 0.508 e. The number of carbonyl (C=O) groups excluding carboxylic acids is 1. The zero-order chi connectivity index (χ0) is 17.1. The van der Waals surface area contributed by atoms with E-state index < -0.39 is 12.1 Å². The van der Waals surface area contributed by atoms with E-state index in [1.165, 1.54) is 48.5 Å². The molecule has 1 aromatic heterocycles. The number of rotatable bonds is 4. The van der Waals surface area contributed by atoms with Gasteiger partial charge >= 0.3 is 5.97 Å². The van der Waals surface area contributed by atoms with Gasteiger partial charge in [-0.2, -0.15) is 0 Å². The van der Waals surface area contributed by atoms with Crippen LogP contribution in [0, 0.1) is 5.82 Å². The molecular weight excluding hydrogens is 315 g/mol. The highest BCUT2D eigenvalue weighted by atomic mass is 19.1. The second kappa shape index (κ2) is 6.49. The maximum atomic E-state index is 12.9. The monoisotopic (exact) mass is 328 g/mol. The van der Waals surface area contributed by atoms with Crippen molar-refractivity contribution < 1.29 is 23.4 Å². The average molecular weight is 328 g/mol. The third-order valence-electron chi connectivity index (χ3n) is 3.25. The third kappa shape index (κ3) is 3.40. The second-order valence-electron chi connectivity index (χ2n) is 5.05. The van der Waals surface area contributed by atoms with Gasteiger partial charge in [0, 0.05) is 5.56 Å². The van der Waals surface area contributed by atoms with Crippen molar-refractivity contribution in [3.63, 3.8) is 0 Å². The van der Waals surface area contributed by atoms with E-state index in [-0.39, 0.29) is 28.9 Å². The Morgan fingerprint density at radius 2 is 1.96 bits per heavy atom. The SMILES string of the molecule is C[C@@H](OC(=O)c1cccc(O)c1)c1nnc(-c2ccc(F)cc2)o1. The number of esters is 1. The number of halogens is 1. The van der Waals surface area contributed by atoms with E-state index in [1.54, 1.807) is 6.92 Å². The highest BCUT2D eigenvalue weighted by molar-refractivity contribution is 5.89. The van der Waals surface area contributed by atoms with Crippen LogP contribution in [0.5, 0.6) is 5.75 Å². The van der Waals surface area contributed by atoms with Gasteiger partial charge in [-0.3, -0.25) is 0 Å². The number of hydrogen-bond donors (Lipinski definition) is 1. The number of ether oxygens (including phenoxy) is 1. The van der Waals surface area contributed by atoms with Gasteiger partial charge in [0.25, 0.3) is 5.89 Å². The van der Waals surface area contributed by atoms with E-state index in [9.17, 15) is 14.3 Å². The summed E-state index contributed by atoms with van der Waals surface area (Å²) in [5.41, 5.74) is 0.766. The summed E-state index contributed by atoms with van der Waals surface area (Å²) in [6, 6.07) is 11.4. The number of phenolic OH excluding ortho intramolecular Hbond substituents is 1. The molecule has 0 fully saturated rings. The van der Waals surface area contributed by atoms with E-state index in [1.807, 2.05) is 0 Å². The van der Waals surface area contributed by atoms with Crippen LogP contribution < -0.4 is 0 Å². The zero-order valence-electron chi connectivity index (χ0n) is 12.6. The van der Waals surface area contributed by atoms with Gasteiger partial charge in [0.05, 0.1) is 5.56 Å². The summed E-state index contributed by atoms with van der Waals surface area (Å²) < 4.78 is 23.6. The van der Waals surface area contributed by atoms with Crippen LogP contribution in [0.15, 0.2) is 52.9 Å². The first kappa shape index (κ1) is 15.7. The smallest absolute Gasteiger partial charge is 0.339 e. The Kier molecular flexibility index (Phi) is 4.24. The summed E-state index contributed by atoms with van der Waals surface area (Å²) in [5, 5.41) is 17.1. The Balaban J connectivity index is 1.73. The van der Waals surface area contributed by atoms with Crippen molar-refractivity contribution in [1.29, 1.82) is 0 Å². The molecule has 0 bridgehead atoms. The first-order chi connectivity index (χ1) is 11.5. The van der Waals surface area contributed by atoms with Crippen molar-refractivity contribution in [2.45, 2.75) is 13.0 Å². The quantitative estimate of drug-likeness (QED) is 0.738. The Hall–Kier alpha value is -3.22. The van der Waals surface area contributed by atoms with Crippen LogP contribution in [0.25, 0.3) is 11.5 Å². The van der Waals surface area contributed by atoms with Crippen LogP contribution in [-0.2, 0) is 4.74 Å². The highest BCUT2D eigenvalue weighted by Gasteiger charge is 2.20. The zero-order valence-corrected chi connectivity index (χ0v) is 12.6. The molecule has 0 saturated heterocycles. The predicted octanol–water partition coefficient (Wildman–Crippen LogP) is 3.50. The summed E-state index contributed by atoms with van der Waals surface area (Å²) in [7, 11) is 0. The fourth-order valence-electron chi connectivity index (χ4n) is 2.02. The molecule has 1 heterocycles. The molecule has 0 saturated carbocycles. The van der Waals surface area contributed by atoms with Crippen LogP contribution in [0.2, 0.25) is 0 Å². The van der Waals surface area contributed by atoms with Crippen molar-refractivity contribution in [1.82, 2.24) is 10.2 Å². The van der Waals surface area contributed by atoms with Gasteiger partial charge in [0.2, 0.25) is 5.89 Å². The molecule has 0 spiro atoms.